The fourth-order valence-electron chi connectivity index (χ4n) is 1.81. The molecule has 102 valence electrons. The molecule has 0 unspecified atom stereocenters. The molecule has 0 bridgehead atoms. The number of aromatic nitrogens is 1. The van der Waals surface area contributed by atoms with E-state index in [0.717, 1.165) is 0 Å². The van der Waals surface area contributed by atoms with Gasteiger partial charge in [-0.2, -0.15) is 0 Å². The van der Waals surface area contributed by atoms with Crippen molar-refractivity contribution in [1.29, 1.82) is 0 Å². The third kappa shape index (κ3) is 2.40. The van der Waals surface area contributed by atoms with Crippen molar-refractivity contribution in [2.45, 2.75) is 6.61 Å². The Balaban J connectivity index is 1.83. The van der Waals surface area contributed by atoms with Gasteiger partial charge >= 0.3 is 0 Å². The van der Waals surface area contributed by atoms with E-state index in [0.29, 0.717) is 38.5 Å². The Morgan fingerprint density at radius 3 is 2.75 bits per heavy atom. The number of hydrogen-bond donors (Lipinski definition) is 1. The lowest BCUT2D eigenvalue weighted by atomic mass is 10.3. The Morgan fingerprint density at radius 2 is 1.95 bits per heavy atom. The van der Waals surface area contributed by atoms with Gasteiger partial charge in [0.05, 0.1) is 10.7 Å². The van der Waals surface area contributed by atoms with Gasteiger partial charge in [0, 0.05) is 0 Å². The van der Waals surface area contributed by atoms with Gasteiger partial charge < -0.3 is 14.9 Å². The Labute approximate surface area is 125 Å². The molecule has 6 heteroatoms. The largest absolute Gasteiger partial charge is 0.482 e. The van der Waals surface area contributed by atoms with E-state index in [-0.39, 0.29) is 6.61 Å². The zero-order valence-electron chi connectivity index (χ0n) is 10.3. The predicted molar refractivity (Wildman–Crippen MR) is 79.2 cm³/mol. The molecule has 0 aliphatic heterocycles. The minimum atomic E-state index is 0.147. The quantitative estimate of drug-likeness (QED) is 0.733. The molecule has 3 rings (SSSR count). The van der Waals surface area contributed by atoms with E-state index in [1.165, 1.54) is 0 Å². The van der Waals surface area contributed by atoms with Crippen molar-refractivity contribution in [1.82, 2.24) is 4.98 Å². The first kappa shape index (κ1) is 13.1. The van der Waals surface area contributed by atoms with Crippen molar-refractivity contribution in [3.63, 3.8) is 0 Å². The molecule has 0 fully saturated rings. The smallest absolute Gasteiger partial charge is 0.233 e. The summed E-state index contributed by atoms with van der Waals surface area (Å²) in [6.07, 6.45) is 0. The maximum absolute atomic E-state index is 6.04. The van der Waals surface area contributed by atoms with Crippen molar-refractivity contribution in [2.75, 3.05) is 5.73 Å². The summed E-state index contributed by atoms with van der Waals surface area (Å²) in [6.45, 7) is 0.147. The molecule has 0 aliphatic rings. The van der Waals surface area contributed by atoms with Crippen LogP contribution in [0.2, 0.25) is 10.0 Å². The molecule has 0 amide bonds. The average Bonchev–Trinajstić information content (AvgIpc) is 2.85. The third-order valence-electron chi connectivity index (χ3n) is 2.76. The number of anilines is 1. The highest BCUT2D eigenvalue weighted by Gasteiger charge is 2.10. The zero-order valence-corrected chi connectivity index (χ0v) is 11.8. The molecule has 1 heterocycles. The van der Waals surface area contributed by atoms with Crippen LogP contribution in [0.25, 0.3) is 11.1 Å². The number of fused-ring (bicyclic) bond motifs is 1. The molecular formula is C14H10Cl2N2O2. The van der Waals surface area contributed by atoms with Crippen LogP contribution >= 0.6 is 23.2 Å². The van der Waals surface area contributed by atoms with E-state index in [9.17, 15) is 0 Å². The van der Waals surface area contributed by atoms with E-state index >= 15 is 0 Å². The van der Waals surface area contributed by atoms with Crippen molar-refractivity contribution in [3.05, 3.63) is 52.3 Å². The lowest BCUT2D eigenvalue weighted by Crippen LogP contribution is -1.96. The molecule has 0 saturated heterocycles. The second-order valence-electron chi connectivity index (χ2n) is 4.14. The van der Waals surface area contributed by atoms with E-state index < -0.39 is 0 Å². The molecule has 2 N–H and O–H groups in total. The predicted octanol–water partition coefficient (Wildman–Crippen LogP) is 4.30. The van der Waals surface area contributed by atoms with Crippen LogP contribution in [0.3, 0.4) is 0 Å². The number of hydrogen-bond acceptors (Lipinski definition) is 4. The molecule has 0 atom stereocenters. The minimum absolute atomic E-state index is 0.147. The standard InChI is InChI=1S/C14H10Cl2N2O2/c15-8-3-1-5-10(13(8)16)19-7-12-18-14-9(17)4-2-6-11(14)20-12/h1-6H,7,17H2. The minimum Gasteiger partial charge on any atom is -0.482 e. The molecule has 0 radical (unpaired) electrons. The van der Waals surface area contributed by atoms with Crippen LogP contribution < -0.4 is 10.5 Å². The lowest BCUT2D eigenvalue weighted by molar-refractivity contribution is 0.267. The maximum atomic E-state index is 6.04. The zero-order chi connectivity index (χ0) is 14.1. The number of para-hydroxylation sites is 1. The van der Waals surface area contributed by atoms with Gasteiger partial charge in [0.25, 0.3) is 0 Å². The van der Waals surface area contributed by atoms with E-state index in [4.69, 9.17) is 38.1 Å². The number of halogens is 2. The third-order valence-corrected chi connectivity index (χ3v) is 3.56. The summed E-state index contributed by atoms with van der Waals surface area (Å²) in [4.78, 5) is 4.29. The highest BCUT2D eigenvalue weighted by Crippen LogP contribution is 2.32. The molecule has 2 aromatic carbocycles. The molecule has 4 nitrogen and oxygen atoms in total. The highest BCUT2D eigenvalue weighted by molar-refractivity contribution is 6.42. The molecule has 0 aliphatic carbocycles. The van der Waals surface area contributed by atoms with Crippen molar-refractivity contribution >= 4 is 40.0 Å². The number of rotatable bonds is 3. The van der Waals surface area contributed by atoms with Crippen LogP contribution in [-0.4, -0.2) is 4.98 Å². The van der Waals surface area contributed by atoms with Crippen LogP contribution in [-0.2, 0) is 6.61 Å². The Hall–Kier alpha value is -1.91. The van der Waals surface area contributed by atoms with Crippen molar-refractivity contribution in [3.8, 4) is 5.75 Å². The molecule has 0 spiro atoms. The monoisotopic (exact) mass is 308 g/mol. The first-order valence-electron chi connectivity index (χ1n) is 5.86. The Bertz CT molecular complexity index is 771. The summed E-state index contributed by atoms with van der Waals surface area (Å²) in [5.41, 5.74) is 7.64. The Kier molecular flexibility index (Phi) is 3.42. The van der Waals surface area contributed by atoms with Gasteiger partial charge in [0.1, 0.15) is 16.3 Å². The van der Waals surface area contributed by atoms with Gasteiger partial charge in [-0.3, -0.25) is 0 Å². The topological polar surface area (TPSA) is 61.3 Å². The number of ether oxygens (including phenoxy) is 1. The number of oxazole rings is 1. The van der Waals surface area contributed by atoms with Crippen LogP contribution in [0.1, 0.15) is 5.89 Å². The average molecular weight is 309 g/mol. The van der Waals surface area contributed by atoms with Gasteiger partial charge in [-0.05, 0) is 24.3 Å². The van der Waals surface area contributed by atoms with E-state index in [1.807, 2.05) is 0 Å². The van der Waals surface area contributed by atoms with E-state index in [1.54, 1.807) is 36.4 Å². The molecule has 1 aromatic heterocycles. The van der Waals surface area contributed by atoms with Gasteiger partial charge in [0.15, 0.2) is 12.2 Å². The second-order valence-corrected chi connectivity index (χ2v) is 4.93. The summed E-state index contributed by atoms with van der Waals surface area (Å²) >= 11 is 11.9. The SMILES string of the molecule is Nc1cccc2oc(COc3cccc(Cl)c3Cl)nc12. The number of nitrogens with zero attached hydrogens (tertiary/aromatic N) is 1. The summed E-state index contributed by atoms with van der Waals surface area (Å²) in [7, 11) is 0. The van der Waals surface area contributed by atoms with Gasteiger partial charge in [-0.1, -0.05) is 35.3 Å². The second kappa shape index (κ2) is 5.23. The van der Waals surface area contributed by atoms with Crippen molar-refractivity contribution in [2.24, 2.45) is 0 Å². The molecule has 20 heavy (non-hydrogen) atoms. The fraction of sp³-hybridized carbons (Fsp3) is 0.0714. The van der Waals surface area contributed by atoms with Crippen LogP contribution in [0.5, 0.6) is 5.75 Å². The van der Waals surface area contributed by atoms with Gasteiger partial charge in [-0.25, -0.2) is 4.98 Å². The van der Waals surface area contributed by atoms with Crippen molar-refractivity contribution < 1.29 is 9.15 Å². The number of nitrogens with two attached hydrogens (primary N) is 1. The van der Waals surface area contributed by atoms with Crippen LogP contribution in [0.4, 0.5) is 5.69 Å². The molecule has 0 saturated carbocycles. The lowest BCUT2D eigenvalue weighted by Gasteiger charge is -2.06. The first-order chi connectivity index (χ1) is 9.65. The van der Waals surface area contributed by atoms with Crippen LogP contribution in [0.15, 0.2) is 40.8 Å². The van der Waals surface area contributed by atoms with Gasteiger partial charge in [0.2, 0.25) is 5.89 Å². The summed E-state index contributed by atoms with van der Waals surface area (Å²) in [5.74, 6) is 0.906. The van der Waals surface area contributed by atoms with Gasteiger partial charge in [-0.15, -0.1) is 0 Å². The first-order valence-corrected chi connectivity index (χ1v) is 6.61. The van der Waals surface area contributed by atoms with E-state index in [2.05, 4.69) is 4.98 Å². The highest BCUT2D eigenvalue weighted by atomic mass is 35.5. The molecule has 3 aromatic rings. The maximum Gasteiger partial charge on any atom is 0.233 e. The fourth-order valence-corrected chi connectivity index (χ4v) is 2.16. The number of nitrogen functional groups attached to an aromatic ring is 1. The molecular weight excluding hydrogens is 299 g/mol. The Morgan fingerprint density at radius 1 is 1.15 bits per heavy atom. The summed E-state index contributed by atoms with van der Waals surface area (Å²) in [6, 6.07) is 10.6. The normalized spacial score (nSPS) is 10.9. The van der Waals surface area contributed by atoms with Crippen LogP contribution in [0, 0.1) is 0 Å². The number of benzene rings is 2. The summed E-state index contributed by atoms with van der Waals surface area (Å²) < 4.78 is 11.1. The summed E-state index contributed by atoms with van der Waals surface area (Å²) in [5, 5.41) is 0.802.